The van der Waals surface area contributed by atoms with Crippen molar-refractivity contribution in [3.05, 3.63) is 53.6 Å². The van der Waals surface area contributed by atoms with Crippen LogP contribution in [0.15, 0.2) is 47.4 Å². The number of aromatic nitrogens is 1. The van der Waals surface area contributed by atoms with Gasteiger partial charge in [0.2, 0.25) is 5.91 Å². The molecule has 5 nitrogen and oxygen atoms in total. The Kier molecular flexibility index (Phi) is 5.64. The fourth-order valence-corrected chi connectivity index (χ4v) is 5.17. The van der Waals surface area contributed by atoms with Crippen LogP contribution < -0.4 is 5.32 Å². The van der Waals surface area contributed by atoms with Gasteiger partial charge in [-0.1, -0.05) is 35.6 Å². The summed E-state index contributed by atoms with van der Waals surface area (Å²) in [6.45, 7) is 3.70. The average Bonchev–Trinajstić information content (AvgIpc) is 3.36. The van der Waals surface area contributed by atoms with Crippen molar-refractivity contribution >= 4 is 50.3 Å². The minimum Gasteiger partial charge on any atom is -0.342 e. The Morgan fingerprint density at radius 3 is 2.71 bits per heavy atom. The highest BCUT2D eigenvalue weighted by Crippen LogP contribution is 2.29. The first-order valence-electron chi connectivity index (χ1n) is 9.29. The number of rotatable bonds is 5. The molecule has 0 spiro atoms. The number of carbonyl (C=O) groups is 2. The lowest BCUT2D eigenvalue weighted by Crippen LogP contribution is -2.29. The molecule has 1 aliphatic heterocycles. The second kappa shape index (κ2) is 8.32. The zero-order valence-electron chi connectivity index (χ0n) is 15.6. The molecular formula is C21H21N3O2S2. The van der Waals surface area contributed by atoms with Gasteiger partial charge in [0.15, 0.2) is 5.13 Å². The normalized spacial score (nSPS) is 13.8. The fourth-order valence-electron chi connectivity index (χ4n) is 3.28. The number of likely N-dealkylation sites (tertiary alicyclic amines) is 1. The second-order valence-electron chi connectivity index (χ2n) is 6.77. The van der Waals surface area contributed by atoms with Crippen LogP contribution in [-0.4, -0.2) is 40.5 Å². The molecule has 1 saturated heterocycles. The Balaban J connectivity index is 1.47. The quantitative estimate of drug-likeness (QED) is 0.625. The Bertz CT molecular complexity index is 1030. The minimum atomic E-state index is -0.201. The summed E-state index contributed by atoms with van der Waals surface area (Å²) in [5, 5.41) is 3.50. The third-order valence-corrected chi connectivity index (χ3v) is 6.78. The third kappa shape index (κ3) is 4.05. The lowest BCUT2D eigenvalue weighted by Gasteiger charge is -2.15. The Labute approximate surface area is 172 Å². The van der Waals surface area contributed by atoms with Crippen molar-refractivity contribution in [2.75, 3.05) is 24.2 Å². The zero-order valence-corrected chi connectivity index (χ0v) is 17.2. The van der Waals surface area contributed by atoms with Crippen LogP contribution in [0.2, 0.25) is 0 Å². The summed E-state index contributed by atoms with van der Waals surface area (Å²) in [7, 11) is 0. The molecule has 0 atom stereocenters. The molecule has 4 rings (SSSR count). The van der Waals surface area contributed by atoms with E-state index in [1.54, 1.807) is 6.07 Å². The number of para-hydroxylation sites is 1. The Morgan fingerprint density at radius 1 is 1.14 bits per heavy atom. The smallest absolute Gasteiger partial charge is 0.258 e. The standard InChI is InChI=1S/C21H21N3O2S2/c1-14-7-6-10-17-19(14)22-21(28-17)23-20(26)15-8-2-3-9-16(15)27-13-18(25)24-11-4-5-12-24/h2-3,6-10H,4-5,11-13H2,1H3,(H,22,23,26). The number of thiazole rings is 1. The van der Waals surface area contributed by atoms with Crippen LogP contribution in [-0.2, 0) is 4.79 Å². The van der Waals surface area contributed by atoms with E-state index in [4.69, 9.17) is 0 Å². The number of thioether (sulfide) groups is 1. The van der Waals surface area contributed by atoms with Gasteiger partial charge in [0.05, 0.1) is 21.5 Å². The van der Waals surface area contributed by atoms with Crippen molar-refractivity contribution in [1.82, 2.24) is 9.88 Å². The Morgan fingerprint density at radius 2 is 1.93 bits per heavy atom. The number of amides is 2. The molecule has 2 amide bonds. The first-order valence-corrected chi connectivity index (χ1v) is 11.1. The molecule has 2 aromatic carbocycles. The van der Waals surface area contributed by atoms with Crippen molar-refractivity contribution in [3.63, 3.8) is 0 Å². The molecule has 1 N–H and O–H groups in total. The van der Waals surface area contributed by atoms with Gasteiger partial charge in [-0.05, 0) is 43.5 Å². The number of hydrogen-bond donors (Lipinski definition) is 1. The number of anilines is 1. The molecule has 0 saturated carbocycles. The van der Waals surface area contributed by atoms with E-state index >= 15 is 0 Å². The first-order chi connectivity index (χ1) is 13.6. The minimum absolute atomic E-state index is 0.138. The molecule has 0 bridgehead atoms. The van der Waals surface area contributed by atoms with Crippen LogP contribution in [0.5, 0.6) is 0 Å². The van der Waals surface area contributed by atoms with E-state index < -0.39 is 0 Å². The average molecular weight is 412 g/mol. The SMILES string of the molecule is Cc1cccc2sc(NC(=O)c3ccccc3SCC(=O)N3CCCC3)nc12. The van der Waals surface area contributed by atoms with E-state index in [0.717, 1.165) is 46.6 Å². The summed E-state index contributed by atoms with van der Waals surface area (Å²) >= 11 is 2.88. The van der Waals surface area contributed by atoms with Crippen LogP contribution in [0.3, 0.4) is 0 Å². The van der Waals surface area contributed by atoms with Gasteiger partial charge in [-0.2, -0.15) is 0 Å². The second-order valence-corrected chi connectivity index (χ2v) is 8.82. The number of benzene rings is 2. The lowest BCUT2D eigenvalue weighted by molar-refractivity contribution is -0.127. The number of nitrogens with one attached hydrogen (secondary N) is 1. The summed E-state index contributed by atoms with van der Waals surface area (Å²) in [5.41, 5.74) is 2.57. The number of aryl methyl sites for hydroxylation is 1. The van der Waals surface area contributed by atoms with Crippen molar-refractivity contribution < 1.29 is 9.59 Å². The van der Waals surface area contributed by atoms with Gasteiger partial charge in [-0.25, -0.2) is 4.98 Å². The van der Waals surface area contributed by atoms with Gasteiger partial charge in [-0.3, -0.25) is 14.9 Å². The molecule has 1 aromatic heterocycles. The molecule has 144 valence electrons. The van der Waals surface area contributed by atoms with E-state index in [2.05, 4.69) is 10.3 Å². The molecular weight excluding hydrogens is 390 g/mol. The maximum absolute atomic E-state index is 12.8. The highest BCUT2D eigenvalue weighted by Gasteiger charge is 2.19. The van der Waals surface area contributed by atoms with Crippen molar-refractivity contribution in [3.8, 4) is 0 Å². The topological polar surface area (TPSA) is 62.3 Å². The van der Waals surface area contributed by atoms with Crippen molar-refractivity contribution in [2.45, 2.75) is 24.7 Å². The van der Waals surface area contributed by atoms with Gasteiger partial charge in [0.1, 0.15) is 0 Å². The van der Waals surface area contributed by atoms with Gasteiger partial charge >= 0.3 is 0 Å². The summed E-state index contributed by atoms with van der Waals surface area (Å²) in [4.78, 5) is 32.4. The molecule has 1 fully saturated rings. The zero-order chi connectivity index (χ0) is 19.5. The van der Waals surface area contributed by atoms with Crippen molar-refractivity contribution in [2.24, 2.45) is 0 Å². The molecule has 28 heavy (non-hydrogen) atoms. The molecule has 3 aromatic rings. The summed E-state index contributed by atoms with van der Waals surface area (Å²) in [6, 6.07) is 13.4. The molecule has 0 aliphatic carbocycles. The maximum atomic E-state index is 12.8. The summed E-state index contributed by atoms with van der Waals surface area (Å²) in [5.74, 6) is 0.290. The van der Waals surface area contributed by atoms with E-state index in [-0.39, 0.29) is 11.8 Å². The van der Waals surface area contributed by atoms with Gasteiger partial charge in [0, 0.05) is 18.0 Å². The van der Waals surface area contributed by atoms with Gasteiger partial charge < -0.3 is 4.90 Å². The summed E-state index contributed by atoms with van der Waals surface area (Å²) < 4.78 is 1.05. The number of fused-ring (bicyclic) bond motifs is 1. The third-order valence-electron chi connectivity index (χ3n) is 4.78. The monoisotopic (exact) mass is 411 g/mol. The first kappa shape index (κ1) is 19.0. The predicted octanol–water partition coefficient (Wildman–Crippen LogP) is 4.57. The summed E-state index contributed by atoms with van der Waals surface area (Å²) in [6.07, 6.45) is 2.16. The van der Waals surface area contributed by atoms with E-state index in [1.807, 2.05) is 48.2 Å². The van der Waals surface area contributed by atoms with Crippen molar-refractivity contribution in [1.29, 1.82) is 0 Å². The van der Waals surface area contributed by atoms with Gasteiger partial charge in [0.25, 0.3) is 5.91 Å². The number of carbonyl (C=O) groups excluding carboxylic acids is 2. The fraction of sp³-hybridized carbons (Fsp3) is 0.286. The van der Waals surface area contributed by atoms with Crippen LogP contribution >= 0.6 is 23.1 Å². The van der Waals surface area contributed by atoms with Crippen LogP contribution in [0.25, 0.3) is 10.2 Å². The van der Waals surface area contributed by atoms with Crippen LogP contribution in [0.1, 0.15) is 28.8 Å². The number of nitrogens with zero attached hydrogens (tertiary/aromatic N) is 2. The highest BCUT2D eigenvalue weighted by molar-refractivity contribution is 8.00. The molecule has 0 radical (unpaired) electrons. The predicted molar refractivity (Wildman–Crippen MR) is 115 cm³/mol. The largest absolute Gasteiger partial charge is 0.342 e. The van der Waals surface area contributed by atoms with E-state index in [9.17, 15) is 9.59 Å². The van der Waals surface area contributed by atoms with Crippen LogP contribution in [0, 0.1) is 6.92 Å². The van der Waals surface area contributed by atoms with E-state index in [0.29, 0.717) is 16.4 Å². The number of hydrogen-bond acceptors (Lipinski definition) is 5. The maximum Gasteiger partial charge on any atom is 0.258 e. The molecule has 2 heterocycles. The van der Waals surface area contributed by atoms with Crippen LogP contribution in [0.4, 0.5) is 5.13 Å². The lowest BCUT2D eigenvalue weighted by atomic mass is 10.2. The van der Waals surface area contributed by atoms with E-state index in [1.165, 1.54) is 23.1 Å². The molecule has 1 aliphatic rings. The van der Waals surface area contributed by atoms with Gasteiger partial charge in [-0.15, -0.1) is 11.8 Å². The Hall–Kier alpha value is -2.38. The molecule has 0 unspecified atom stereocenters. The molecule has 7 heteroatoms. The highest BCUT2D eigenvalue weighted by atomic mass is 32.2.